The maximum Gasteiger partial charge on any atom is 0.258 e. The highest BCUT2D eigenvalue weighted by Crippen LogP contribution is 2.54. The summed E-state index contributed by atoms with van der Waals surface area (Å²) in [5.74, 6) is -0.483. The van der Waals surface area contributed by atoms with Gasteiger partial charge in [0, 0.05) is 23.4 Å². The topological polar surface area (TPSA) is 72.6 Å². The molecule has 0 saturated heterocycles. The third kappa shape index (κ3) is 2.66. The van der Waals surface area contributed by atoms with Gasteiger partial charge in [0.25, 0.3) is 5.91 Å². The zero-order valence-corrected chi connectivity index (χ0v) is 16.0. The van der Waals surface area contributed by atoms with Crippen molar-refractivity contribution in [1.29, 1.82) is 0 Å². The van der Waals surface area contributed by atoms with Crippen LogP contribution in [0.4, 0.5) is 5.69 Å². The van der Waals surface area contributed by atoms with Crippen LogP contribution in [0.5, 0.6) is 0 Å². The molecule has 0 radical (unpaired) electrons. The molecule has 0 saturated carbocycles. The number of ether oxygens (including phenoxy) is 1. The van der Waals surface area contributed by atoms with E-state index in [0.29, 0.717) is 17.7 Å². The fraction of sp³-hybridized carbons (Fsp3) is 0.167. The van der Waals surface area contributed by atoms with Crippen molar-refractivity contribution in [2.24, 2.45) is 5.73 Å². The zero-order chi connectivity index (χ0) is 20.1. The van der Waals surface area contributed by atoms with Crippen LogP contribution in [0.3, 0.4) is 0 Å². The van der Waals surface area contributed by atoms with Gasteiger partial charge in [-0.2, -0.15) is 0 Å². The van der Waals surface area contributed by atoms with Crippen LogP contribution in [0.15, 0.2) is 66.7 Å². The summed E-state index contributed by atoms with van der Waals surface area (Å²) >= 11 is 0. The van der Waals surface area contributed by atoms with Crippen molar-refractivity contribution in [3.05, 3.63) is 100 Å². The smallest absolute Gasteiger partial charge is 0.258 e. The Bertz CT molecular complexity index is 1140. The van der Waals surface area contributed by atoms with E-state index in [-0.39, 0.29) is 18.1 Å². The van der Waals surface area contributed by atoms with Crippen LogP contribution in [0, 0.1) is 0 Å². The molecule has 2 aliphatic heterocycles. The molecule has 3 aromatic carbocycles. The number of carbonyl (C=O) groups is 2. The number of anilines is 1. The molecule has 2 heterocycles. The summed E-state index contributed by atoms with van der Waals surface area (Å²) in [5.41, 5.74) is 11.6. The summed E-state index contributed by atoms with van der Waals surface area (Å²) in [4.78, 5) is 26.3. The standard InChI is InChI=1S/C24H20N2O3/c1-2-26(24(28)14-6-4-3-5-7-14)16-9-11-18-20(13-16)22-19-12-15(23(25)27)8-10-17(19)21(18)29-22/h3-13,21-22H,2H2,1H3,(H2,25,27). The summed E-state index contributed by atoms with van der Waals surface area (Å²) < 4.78 is 6.21. The van der Waals surface area contributed by atoms with Gasteiger partial charge in [0.1, 0.15) is 12.2 Å². The number of nitrogens with two attached hydrogens (primary N) is 1. The first-order valence-corrected chi connectivity index (χ1v) is 9.68. The molecule has 2 aliphatic rings. The van der Waals surface area contributed by atoms with Crippen molar-refractivity contribution in [2.75, 3.05) is 11.4 Å². The average molecular weight is 384 g/mol. The normalized spacial score (nSPS) is 18.2. The van der Waals surface area contributed by atoms with Crippen LogP contribution in [0.2, 0.25) is 0 Å². The van der Waals surface area contributed by atoms with Crippen molar-refractivity contribution in [1.82, 2.24) is 0 Å². The number of nitrogens with zero attached hydrogens (tertiary/aromatic N) is 1. The molecule has 0 fully saturated rings. The molecular weight excluding hydrogens is 364 g/mol. The second-order valence-corrected chi connectivity index (χ2v) is 7.33. The molecule has 2 unspecified atom stereocenters. The van der Waals surface area contributed by atoms with Gasteiger partial charge in [-0.1, -0.05) is 30.3 Å². The monoisotopic (exact) mass is 384 g/mol. The highest BCUT2D eigenvalue weighted by Gasteiger charge is 2.43. The number of primary amides is 1. The molecule has 2 N–H and O–H groups in total. The zero-order valence-electron chi connectivity index (χ0n) is 16.0. The third-order valence-electron chi connectivity index (χ3n) is 5.74. The number of hydrogen-bond acceptors (Lipinski definition) is 3. The van der Waals surface area contributed by atoms with E-state index < -0.39 is 5.91 Å². The van der Waals surface area contributed by atoms with Gasteiger partial charge in [-0.05, 0) is 65.6 Å². The predicted octanol–water partition coefficient (Wildman–Crippen LogP) is 3.97. The molecule has 0 aliphatic carbocycles. The number of rotatable bonds is 4. The van der Waals surface area contributed by atoms with Crippen molar-refractivity contribution in [3.63, 3.8) is 0 Å². The molecule has 5 nitrogen and oxygen atoms in total. The van der Waals surface area contributed by atoms with Gasteiger partial charge in [-0.15, -0.1) is 0 Å². The molecule has 29 heavy (non-hydrogen) atoms. The van der Waals surface area contributed by atoms with Gasteiger partial charge >= 0.3 is 0 Å². The van der Waals surface area contributed by atoms with Gasteiger partial charge in [-0.25, -0.2) is 0 Å². The lowest BCUT2D eigenvalue weighted by Crippen LogP contribution is -2.30. The number of benzene rings is 3. The van der Waals surface area contributed by atoms with Crippen LogP contribution in [0.25, 0.3) is 0 Å². The first-order valence-electron chi connectivity index (χ1n) is 9.68. The van der Waals surface area contributed by atoms with E-state index in [1.54, 1.807) is 11.0 Å². The molecule has 144 valence electrons. The summed E-state index contributed by atoms with van der Waals surface area (Å²) in [5, 5.41) is 0. The fourth-order valence-electron chi connectivity index (χ4n) is 4.33. The van der Waals surface area contributed by atoms with Crippen molar-refractivity contribution >= 4 is 17.5 Å². The second-order valence-electron chi connectivity index (χ2n) is 7.33. The lowest BCUT2D eigenvalue weighted by molar-refractivity contribution is 0.0857. The maximum absolute atomic E-state index is 13.0. The summed E-state index contributed by atoms with van der Waals surface area (Å²) in [6.45, 7) is 2.52. The molecular formula is C24H20N2O3. The van der Waals surface area contributed by atoms with E-state index in [1.165, 1.54) is 0 Å². The number of carbonyl (C=O) groups excluding carboxylic acids is 2. The van der Waals surface area contributed by atoms with E-state index in [2.05, 4.69) is 0 Å². The van der Waals surface area contributed by atoms with Crippen molar-refractivity contribution in [3.8, 4) is 0 Å². The number of hydrogen-bond donors (Lipinski definition) is 1. The predicted molar refractivity (Wildman–Crippen MR) is 110 cm³/mol. The minimum absolute atomic E-state index is 0.0338. The van der Waals surface area contributed by atoms with Gasteiger partial charge in [0.05, 0.1) is 0 Å². The second kappa shape index (κ2) is 6.57. The summed E-state index contributed by atoms with van der Waals surface area (Å²) in [6.07, 6.45) is -0.379. The Balaban J connectivity index is 1.53. The molecule has 0 aromatic heterocycles. The van der Waals surface area contributed by atoms with Crippen LogP contribution in [-0.4, -0.2) is 18.4 Å². The van der Waals surface area contributed by atoms with Gasteiger partial charge in [0.2, 0.25) is 5.91 Å². The minimum Gasteiger partial charge on any atom is -0.366 e. The quantitative estimate of drug-likeness (QED) is 0.740. The molecule has 2 atom stereocenters. The van der Waals surface area contributed by atoms with E-state index >= 15 is 0 Å². The molecule has 3 aromatic rings. The molecule has 5 rings (SSSR count). The molecule has 5 heteroatoms. The lowest BCUT2D eigenvalue weighted by atomic mass is 9.85. The Morgan fingerprint density at radius 2 is 1.52 bits per heavy atom. The van der Waals surface area contributed by atoms with Gasteiger partial charge in [-0.3, -0.25) is 9.59 Å². The molecule has 2 amide bonds. The first-order chi connectivity index (χ1) is 14.1. The van der Waals surface area contributed by atoms with Crippen LogP contribution < -0.4 is 10.6 Å². The summed E-state index contributed by atoms with van der Waals surface area (Å²) in [6, 6.07) is 20.8. The van der Waals surface area contributed by atoms with Gasteiger partial charge in [0.15, 0.2) is 0 Å². The van der Waals surface area contributed by atoms with Crippen molar-refractivity contribution < 1.29 is 14.3 Å². The van der Waals surface area contributed by atoms with Crippen LogP contribution in [0.1, 0.15) is 62.1 Å². The largest absolute Gasteiger partial charge is 0.366 e. The number of amides is 2. The molecule has 0 spiro atoms. The molecule has 2 bridgehead atoms. The fourth-order valence-corrected chi connectivity index (χ4v) is 4.33. The minimum atomic E-state index is -0.449. The SMILES string of the molecule is CCN(C(=O)c1ccccc1)c1ccc2c(c1)C1OC2c2ccc(C(N)=O)cc21. The summed E-state index contributed by atoms with van der Waals surface area (Å²) in [7, 11) is 0. The van der Waals surface area contributed by atoms with Crippen LogP contribution >= 0.6 is 0 Å². The highest BCUT2D eigenvalue weighted by molar-refractivity contribution is 6.06. The van der Waals surface area contributed by atoms with E-state index in [1.807, 2.05) is 67.6 Å². The highest BCUT2D eigenvalue weighted by atomic mass is 16.5. The Labute approximate surface area is 168 Å². The Kier molecular flexibility index (Phi) is 4.00. The van der Waals surface area contributed by atoms with E-state index in [0.717, 1.165) is 27.9 Å². The number of fused-ring (bicyclic) bond motifs is 8. The lowest BCUT2D eigenvalue weighted by Gasteiger charge is -2.24. The maximum atomic E-state index is 13.0. The van der Waals surface area contributed by atoms with E-state index in [4.69, 9.17) is 10.5 Å². The van der Waals surface area contributed by atoms with E-state index in [9.17, 15) is 9.59 Å². The van der Waals surface area contributed by atoms with Gasteiger partial charge < -0.3 is 15.4 Å². The average Bonchev–Trinajstić information content (AvgIpc) is 3.31. The Morgan fingerprint density at radius 3 is 2.21 bits per heavy atom. The Morgan fingerprint density at radius 1 is 0.862 bits per heavy atom. The van der Waals surface area contributed by atoms with Crippen LogP contribution in [-0.2, 0) is 4.74 Å². The first kappa shape index (κ1) is 17.6. The third-order valence-corrected chi connectivity index (χ3v) is 5.74. The Hall–Kier alpha value is -3.44. The van der Waals surface area contributed by atoms with Crippen molar-refractivity contribution in [2.45, 2.75) is 19.1 Å².